The van der Waals surface area contributed by atoms with Gasteiger partial charge in [-0.05, 0) is 52.9 Å². The second-order valence-electron chi connectivity index (χ2n) is 8.22. The summed E-state index contributed by atoms with van der Waals surface area (Å²) in [7, 11) is 0. The summed E-state index contributed by atoms with van der Waals surface area (Å²) in [6, 6.07) is 31.9. The van der Waals surface area contributed by atoms with Gasteiger partial charge in [0.1, 0.15) is 0 Å². The molecule has 2 atom stereocenters. The monoisotopic (exact) mass is 466 g/mol. The van der Waals surface area contributed by atoms with E-state index >= 15 is 0 Å². The highest BCUT2D eigenvalue weighted by Gasteiger charge is 2.20. The summed E-state index contributed by atoms with van der Waals surface area (Å²) in [5.41, 5.74) is 4.99. The lowest BCUT2D eigenvalue weighted by molar-refractivity contribution is -0.139. The van der Waals surface area contributed by atoms with Gasteiger partial charge in [0.05, 0.1) is 0 Å². The lowest BCUT2D eigenvalue weighted by Crippen LogP contribution is -2.20. The second kappa shape index (κ2) is 11.0. The van der Waals surface area contributed by atoms with E-state index in [-0.39, 0.29) is 0 Å². The maximum absolute atomic E-state index is 11.7. The molecule has 0 aliphatic rings. The number of hydrogen-bond donors (Lipinski definition) is 4. The van der Waals surface area contributed by atoms with Crippen LogP contribution in [0.5, 0.6) is 0 Å². The van der Waals surface area contributed by atoms with Crippen molar-refractivity contribution in [1.29, 1.82) is 0 Å². The molecule has 4 aromatic rings. The molecule has 0 radical (unpaired) electrons. The van der Waals surface area contributed by atoms with Crippen LogP contribution in [0.2, 0.25) is 0 Å². The maximum atomic E-state index is 11.7. The van der Waals surface area contributed by atoms with Crippen LogP contribution < -0.4 is 10.6 Å². The molecule has 0 saturated heterocycles. The van der Waals surface area contributed by atoms with Crippen molar-refractivity contribution in [2.24, 2.45) is 0 Å². The summed E-state index contributed by atoms with van der Waals surface area (Å²) in [5, 5.41) is 25.4. The van der Waals surface area contributed by atoms with Gasteiger partial charge in [0.15, 0.2) is 12.1 Å². The SMILES string of the molecule is O=C(O)[C@@H](Nc1ccc(Cc2ccc(N[C@H](C(=O)O)c3ccccc3)cc2)cc1)c1ccccc1. The molecule has 176 valence electrons. The number of rotatable bonds is 10. The van der Waals surface area contributed by atoms with Crippen molar-refractivity contribution in [3.8, 4) is 0 Å². The molecule has 4 aromatic carbocycles. The van der Waals surface area contributed by atoms with E-state index in [1.165, 1.54) is 0 Å². The number of hydrogen-bond acceptors (Lipinski definition) is 4. The molecule has 0 aliphatic carbocycles. The molecule has 35 heavy (non-hydrogen) atoms. The molecule has 0 saturated carbocycles. The highest BCUT2D eigenvalue weighted by atomic mass is 16.4. The zero-order chi connectivity index (χ0) is 24.6. The summed E-state index contributed by atoms with van der Waals surface area (Å²) < 4.78 is 0. The van der Waals surface area contributed by atoms with Crippen molar-refractivity contribution in [2.45, 2.75) is 18.5 Å². The van der Waals surface area contributed by atoms with E-state index in [4.69, 9.17) is 0 Å². The third-order valence-electron chi connectivity index (χ3n) is 5.70. The maximum Gasteiger partial charge on any atom is 0.330 e. The van der Waals surface area contributed by atoms with Crippen molar-refractivity contribution < 1.29 is 19.8 Å². The number of aliphatic carboxylic acids is 2. The average Bonchev–Trinajstić information content (AvgIpc) is 2.88. The van der Waals surface area contributed by atoms with Crippen LogP contribution in [0.3, 0.4) is 0 Å². The smallest absolute Gasteiger partial charge is 0.330 e. The molecular weight excluding hydrogens is 440 g/mol. The molecule has 4 N–H and O–H groups in total. The lowest BCUT2D eigenvalue weighted by Gasteiger charge is -2.17. The van der Waals surface area contributed by atoms with Crippen molar-refractivity contribution in [3.05, 3.63) is 131 Å². The molecule has 0 spiro atoms. The number of benzene rings is 4. The van der Waals surface area contributed by atoms with Gasteiger partial charge in [-0.2, -0.15) is 0 Å². The average molecular weight is 467 g/mol. The minimum atomic E-state index is -0.939. The normalized spacial score (nSPS) is 12.3. The Labute approximate surface area is 203 Å². The highest BCUT2D eigenvalue weighted by Crippen LogP contribution is 2.23. The highest BCUT2D eigenvalue weighted by molar-refractivity contribution is 5.80. The third-order valence-corrected chi connectivity index (χ3v) is 5.70. The number of carboxylic acid groups (broad SMARTS) is 2. The summed E-state index contributed by atoms with van der Waals surface area (Å²) in [6.45, 7) is 0. The Bertz CT molecular complexity index is 1160. The largest absolute Gasteiger partial charge is 0.479 e. The Kier molecular flexibility index (Phi) is 7.43. The molecule has 0 heterocycles. The predicted molar refractivity (Wildman–Crippen MR) is 137 cm³/mol. The molecule has 0 fully saturated rings. The van der Waals surface area contributed by atoms with E-state index in [1.54, 1.807) is 24.3 Å². The van der Waals surface area contributed by atoms with Crippen LogP contribution in [0.1, 0.15) is 34.3 Å². The Morgan fingerprint density at radius 1 is 0.543 bits per heavy atom. The predicted octanol–water partition coefficient (Wildman–Crippen LogP) is 5.75. The first-order chi connectivity index (χ1) is 17.0. The van der Waals surface area contributed by atoms with Gasteiger partial charge in [-0.25, -0.2) is 9.59 Å². The zero-order valence-corrected chi connectivity index (χ0v) is 19.0. The minimum absolute atomic E-state index is 0.690. The Morgan fingerprint density at radius 3 is 1.20 bits per heavy atom. The quantitative estimate of drug-likeness (QED) is 0.237. The minimum Gasteiger partial charge on any atom is -0.479 e. The topological polar surface area (TPSA) is 98.7 Å². The van der Waals surface area contributed by atoms with Gasteiger partial charge in [-0.15, -0.1) is 0 Å². The fraction of sp³-hybridized carbons (Fsp3) is 0.103. The molecule has 0 unspecified atom stereocenters. The van der Waals surface area contributed by atoms with Gasteiger partial charge < -0.3 is 20.8 Å². The zero-order valence-electron chi connectivity index (χ0n) is 19.0. The van der Waals surface area contributed by atoms with Crippen LogP contribution in [-0.2, 0) is 16.0 Å². The Balaban J connectivity index is 1.39. The van der Waals surface area contributed by atoms with Crippen LogP contribution in [0.4, 0.5) is 11.4 Å². The Hall–Kier alpha value is -4.58. The van der Waals surface area contributed by atoms with Gasteiger partial charge >= 0.3 is 11.9 Å². The van der Waals surface area contributed by atoms with E-state index in [1.807, 2.05) is 84.9 Å². The summed E-state index contributed by atoms with van der Waals surface area (Å²) in [6.07, 6.45) is 0.697. The van der Waals surface area contributed by atoms with Gasteiger partial charge in [0.25, 0.3) is 0 Å². The van der Waals surface area contributed by atoms with Crippen LogP contribution >= 0.6 is 0 Å². The van der Waals surface area contributed by atoms with E-state index < -0.39 is 24.0 Å². The fourth-order valence-corrected chi connectivity index (χ4v) is 3.87. The summed E-state index contributed by atoms with van der Waals surface area (Å²) in [4.78, 5) is 23.4. The van der Waals surface area contributed by atoms with Gasteiger partial charge in [0, 0.05) is 11.4 Å². The summed E-state index contributed by atoms with van der Waals surface area (Å²) >= 11 is 0. The number of nitrogens with one attached hydrogen (secondary N) is 2. The molecule has 0 aliphatic heterocycles. The van der Waals surface area contributed by atoms with E-state index in [9.17, 15) is 19.8 Å². The van der Waals surface area contributed by atoms with Crippen molar-refractivity contribution in [1.82, 2.24) is 0 Å². The number of carbonyl (C=O) groups is 2. The number of carboxylic acids is 2. The van der Waals surface area contributed by atoms with Crippen molar-refractivity contribution in [2.75, 3.05) is 10.6 Å². The van der Waals surface area contributed by atoms with Crippen molar-refractivity contribution >= 4 is 23.3 Å². The molecule has 6 heteroatoms. The molecular formula is C29H26N2O4. The first-order valence-corrected chi connectivity index (χ1v) is 11.3. The first kappa shape index (κ1) is 23.6. The summed E-state index contributed by atoms with van der Waals surface area (Å²) in [5.74, 6) is -1.88. The molecule has 6 nitrogen and oxygen atoms in total. The van der Waals surface area contributed by atoms with Crippen LogP contribution in [0.15, 0.2) is 109 Å². The molecule has 0 amide bonds. The van der Waals surface area contributed by atoms with E-state index in [0.717, 1.165) is 22.5 Å². The van der Waals surface area contributed by atoms with Crippen molar-refractivity contribution in [3.63, 3.8) is 0 Å². The van der Waals surface area contributed by atoms with Crippen LogP contribution in [0.25, 0.3) is 0 Å². The van der Waals surface area contributed by atoms with Gasteiger partial charge in [-0.3, -0.25) is 0 Å². The van der Waals surface area contributed by atoms with Crippen LogP contribution in [-0.4, -0.2) is 22.2 Å². The lowest BCUT2D eigenvalue weighted by atomic mass is 10.0. The van der Waals surface area contributed by atoms with Gasteiger partial charge in [-0.1, -0.05) is 84.9 Å². The standard InChI is InChI=1S/C29H26N2O4/c32-28(33)26(22-7-3-1-4-8-22)30-24-15-11-20(12-16-24)19-21-13-17-25(18-14-21)31-27(29(34)35)23-9-5-2-6-10-23/h1-18,26-27,30-31H,19H2,(H,32,33)(H,34,35)/t26-,27-/m0/s1. The van der Waals surface area contributed by atoms with E-state index in [0.29, 0.717) is 17.5 Å². The molecule has 0 bridgehead atoms. The Morgan fingerprint density at radius 2 is 0.886 bits per heavy atom. The van der Waals surface area contributed by atoms with E-state index in [2.05, 4.69) is 10.6 Å². The molecule has 0 aromatic heterocycles. The van der Waals surface area contributed by atoms with Gasteiger partial charge in [0.2, 0.25) is 0 Å². The fourth-order valence-electron chi connectivity index (χ4n) is 3.87. The number of anilines is 2. The third kappa shape index (κ3) is 6.26. The van der Waals surface area contributed by atoms with Crippen LogP contribution in [0, 0.1) is 0 Å². The molecule has 4 rings (SSSR count). The first-order valence-electron chi connectivity index (χ1n) is 11.3. The second-order valence-corrected chi connectivity index (χ2v) is 8.22.